The van der Waals surface area contributed by atoms with Gasteiger partial charge in [0.15, 0.2) is 0 Å². The van der Waals surface area contributed by atoms with Crippen LogP contribution in [0.1, 0.15) is 5.56 Å². The molecule has 15 heavy (non-hydrogen) atoms. The number of carboxylic acids is 1. The fourth-order valence-electron chi connectivity index (χ4n) is 1.50. The molecular formula is C11H8BrNO2. The number of nitrogens with zero attached hydrogens (tertiary/aromatic N) is 1. The summed E-state index contributed by atoms with van der Waals surface area (Å²) in [5, 5.41) is 9.64. The Balaban J connectivity index is 2.60. The second-order valence-electron chi connectivity index (χ2n) is 3.20. The summed E-state index contributed by atoms with van der Waals surface area (Å²) in [5.41, 5.74) is 1.60. The molecule has 3 nitrogen and oxygen atoms in total. The molecule has 0 unspecified atom stereocenters. The lowest BCUT2D eigenvalue weighted by Gasteiger charge is -2.03. The van der Waals surface area contributed by atoms with E-state index in [0.717, 1.165) is 20.9 Å². The highest BCUT2D eigenvalue weighted by molar-refractivity contribution is 9.10. The van der Waals surface area contributed by atoms with Gasteiger partial charge < -0.3 is 5.11 Å². The number of benzene rings is 1. The first-order chi connectivity index (χ1) is 7.16. The zero-order valence-corrected chi connectivity index (χ0v) is 9.36. The molecule has 0 saturated heterocycles. The lowest BCUT2D eigenvalue weighted by Crippen LogP contribution is -2.00. The van der Waals surface area contributed by atoms with Crippen molar-refractivity contribution < 1.29 is 9.90 Å². The Kier molecular flexibility index (Phi) is 2.68. The molecule has 0 radical (unpaired) electrons. The first kappa shape index (κ1) is 10.1. The van der Waals surface area contributed by atoms with Crippen LogP contribution >= 0.6 is 15.9 Å². The molecule has 0 saturated carbocycles. The third-order valence-corrected chi connectivity index (χ3v) is 2.63. The van der Waals surface area contributed by atoms with Crippen molar-refractivity contribution in [1.29, 1.82) is 0 Å². The van der Waals surface area contributed by atoms with Gasteiger partial charge in [0, 0.05) is 16.1 Å². The topological polar surface area (TPSA) is 50.2 Å². The van der Waals surface area contributed by atoms with E-state index in [0.29, 0.717) is 0 Å². The molecule has 1 aromatic carbocycles. The third-order valence-electron chi connectivity index (χ3n) is 2.14. The second-order valence-corrected chi connectivity index (χ2v) is 4.12. The first-order valence-corrected chi connectivity index (χ1v) is 5.21. The number of halogens is 1. The molecule has 0 atom stereocenters. The van der Waals surface area contributed by atoms with Crippen molar-refractivity contribution in [1.82, 2.24) is 4.98 Å². The number of hydrogen-bond donors (Lipinski definition) is 1. The Labute approximate surface area is 94.9 Å². The Morgan fingerprint density at radius 2 is 2.20 bits per heavy atom. The van der Waals surface area contributed by atoms with E-state index in [1.54, 1.807) is 12.3 Å². The normalized spacial score (nSPS) is 10.5. The van der Waals surface area contributed by atoms with E-state index < -0.39 is 5.97 Å². The zero-order chi connectivity index (χ0) is 10.8. The minimum absolute atomic E-state index is 0.0284. The largest absolute Gasteiger partial charge is 0.481 e. The summed E-state index contributed by atoms with van der Waals surface area (Å²) in [4.78, 5) is 14.8. The maximum atomic E-state index is 10.6. The summed E-state index contributed by atoms with van der Waals surface area (Å²) in [6.45, 7) is 0. The lowest BCUT2D eigenvalue weighted by atomic mass is 10.1. The average Bonchev–Trinajstić information content (AvgIpc) is 2.16. The number of aromatic nitrogens is 1. The predicted molar refractivity (Wildman–Crippen MR) is 60.8 cm³/mol. The quantitative estimate of drug-likeness (QED) is 0.908. The van der Waals surface area contributed by atoms with Crippen LogP contribution in [0.2, 0.25) is 0 Å². The van der Waals surface area contributed by atoms with Crippen LogP contribution in [0.15, 0.2) is 34.9 Å². The summed E-state index contributed by atoms with van der Waals surface area (Å²) in [6, 6.07) is 7.38. The van der Waals surface area contributed by atoms with Crippen molar-refractivity contribution in [2.45, 2.75) is 6.42 Å². The summed E-state index contributed by atoms with van der Waals surface area (Å²) in [7, 11) is 0. The molecule has 76 valence electrons. The molecular weight excluding hydrogens is 258 g/mol. The highest BCUT2D eigenvalue weighted by atomic mass is 79.9. The Hall–Kier alpha value is -1.42. The van der Waals surface area contributed by atoms with Gasteiger partial charge in [-0.3, -0.25) is 9.78 Å². The fourth-order valence-corrected chi connectivity index (χ4v) is 1.85. The zero-order valence-electron chi connectivity index (χ0n) is 7.77. The van der Waals surface area contributed by atoms with E-state index in [4.69, 9.17) is 5.11 Å². The number of fused-ring (bicyclic) bond motifs is 1. The van der Waals surface area contributed by atoms with E-state index >= 15 is 0 Å². The number of pyridine rings is 1. The van der Waals surface area contributed by atoms with Crippen molar-refractivity contribution in [3.63, 3.8) is 0 Å². The van der Waals surface area contributed by atoms with Crippen LogP contribution < -0.4 is 0 Å². The molecule has 0 amide bonds. The lowest BCUT2D eigenvalue weighted by molar-refractivity contribution is -0.136. The molecule has 2 rings (SSSR count). The molecule has 0 spiro atoms. The number of aliphatic carboxylic acids is 1. The van der Waals surface area contributed by atoms with E-state index in [9.17, 15) is 4.79 Å². The summed E-state index contributed by atoms with van der Waals surface area (Å²) < 4.78 is 0.940. The molecule has 2 aromatic rings. The highest BCUT2D eigenvalue weighted by Gasteiger charge is 2.05. The fraction of sp³-hybridized carbons (Fsp3) is 0.0909. The molecule has 1 aromatic heterocycles. The van der Waals surface area contributed by atoms with Crippen molar-refractivity contribution in [2.24, 2.45) is 0 Å². The van der Waals surface area contributed by atoms with E-state index in [-0.39, 0.29) is 6.42 Å². The predicted octanol–water partition coefficient (Wildman–Crippen LogP) is 2.62. The Morgan fingerprint density at radius 1 is 1.40 bits per heavy atom. The smallest absolute Gasteiger partial charge is 0.307 e. The SMILES string of the molecule is O=C(O)Cc1ccnc2cc(Br)ccc12. The van der Waals surface area contributed by atoms with Crippen molar-refractivity contribution in [3.8, 4) is 0 Å². The summed E-state index contributed by atoms with van der Waals surface area (Å²) in [5.74, 6) is -0.828. The van der Waals surface area contributed by atoms with Gasteiger partial charge in [-0.15, -0.1) is 0 Å². The molecule has 1 heterocycles. The van der Waals surface area contributed by atoms with Gasteiger partial charge in [-0.05, 0) is 23.8 Å². The molecule has 0 aliphatic heterocycles. The molecule has 1 N–H and O–H groups in total. The standard InChI is InChI=1S/C11H8BrNO2/c12-8-1-2-9-7(5-11(14)15)3-4-13-10(9)6-8/h1-4,6H,5H2,(H,14,15). The molecule has 0 fully saturated rings. The molecule has 0 bridgehead atoms. The Morgan fingerprint density at radius 3 is 2.93 bits per heavy atom. The molecule has 0 aliphatic rings. The van der Waals surface area contributed by atoms with E-state index in [1.165, 1.54) is 0 Å². The first-order valence-electron chi connectivity index (χ1n) is 4.42. The van der Waals surface area contributed by atoms with Gasteiger partial charge in [0.2, 0.25) is 0 Å². The van der Waals surface area contributed by atoms with Crippen LogP contribution in [0.3, 0.4) is 0 Å². The number of rotatable bonds is 2. The van der Waals surface area contributed by atoms with Gasteiger partial charge in [0.25, 0.3) is 0 Å². The monoisotopic (exact) mass is 265 g/mol. The van der Waals surface area contributed by atoms with Gasteiger partial charge in [0.05, 0.1) is 11.9 Å². The molecule has 4 heteroatoms. The maximum Gasteiger partial charge on any atom is 0.307 e. The van der Waals surface area contributed by atoms with E-state index in [2.05, 4.69) is 20.9 Å². The van der Waals surface area contributed by atoms with Crippen molar-refractivity contribution in [2.75, 3.05) is 0 Å². The van der Waals surface area contributed by atoms with Gasteiger partial charge >= 0.3 is 5.97 Å². The summed E-state index contributed by atoms with van der Waals surface area (Å²) in [6.07, 6.45) is 1.66. The minimum atomic E-state index is -0.828. The van der Waals surface area contributed by atoms with Gasteiger partial charge in [-0.25, -0.2) is 0 Å². The van der Waals surface area contributed by atoms with Gasteiger partial charge in [-0.2, -0.15) is 0 Å². The Bertz CT molecular complexity index is 525. The van der Waals surface area contributed by atoms with Gasteiger partial charge in [0.1, 0.15) is 0 Å². The summed E-state index contributed by atoms with van der Waals surface area (Å²) >= 11 is 3.35. The number of hydrogen-bond acceptors (Lipinski definition) is 2. The van der Waals surface area contributed by atoms with Crippen LogP contribution in [0.4, 0.5) is 0 Å². The molecule has 0 aliphatic carbocycles. The van der Waals surface area contributed by atoms with E-state index in [1.807, 2.05) is 18.2 Å². The van der Waals surface area contributed by atoms with Crippen LogP contribution in [0.5, 0.6) is 0 Å². The second kappa shape index (κ2) is 3.98. The highest BCUT2D eigenvalue weighted by Crippen LogP contribution is 2.21. The number of carbonyl (C=O) groups is 1. The van der Waals surface area contributed by atoms with Crippen molar-refractivity contribution in [3.05, 3.63) is 40.5 Å². The maximum absolute atomic E-state index is 10.6. The van der Waals surface area contributed by atoms with Crippen LogP contribution in [0, 0.1) is 0 Å². The number of carboxylic acid groups (broad SMARTS) is 1. The average molecular weight is 266 g/mol. The minimum Gasteiger partial charge on any atom is -0.481 e. The van der Waals surface area contributed by atoms with Crippen LogP contribution in [-0.2, 0) is 11.2 Å². The van der Waals surface area contributed by atoms with Crippen LogP contribution in [0.25, 0.3) is 10.9 Å². The van der Waals surface area contributed by atoms with Crippen molar-refractivity contribution >= 4 is 32.8 Å². The van der Waals surface area contributed by atoms with Gasteiger partial charge in [-0.1, -0.05) is 22.0 Å². The van der Waals surface area contributed by atoms with Crippen LogP contribution in [-0.4, -0.2) is 16.1 Å². The third kappa shape index (κ3) is 2.15.